The van der Waals surface area contributed by atoms with Crippen molar-refractivity contribution in [1.82, 2.24) is 24.5 Å². The van der Waals surface area contributed by atoms with Crippen LogP contribution in [0.1, 0.15) is 0 Å². The SMILES string of the molecule is O=c1ccn(-c2cccnc2)nc1-c1ccnn1-c1cccc(F)c1. The van der Waals surface area contributed by atoms with Crippen LogP contribution in [0.15, 0.2) is 78.1 Å². The summed E-state index contributed by atoms with van der Waals surface area (Å²) in [6.45, 7) is 0. The number of halogens is 1. The van der Waals surface area contributed by atoms with Crippen molar-refractivity contribution >= 4 is 0 Å². The van der Waals surface area contributed by atoms with Gasteiger partial charge < -0.3 is 0 Å². The van der Waals surface area contributed by atoms with Gasteiger partial charge in [0, 0.05) is 18.5 Å². The van der Waals surface area contributed by atoms with Gasteiger partial charge in [0.2, 0.25) is 5.43 Å². The lowest BCUT2D eigenvalue weighted by atomic mass is 10.2. The van der Waals surface area contributed by atoms with Crippen molar-refractivity contribution in [2.45, 2.75) is 0 Å². The highest BCUT2D eigenvalue weighted by Crippen LogP contribution is 2.19. The van der Waals surface area contributed by atoms with Crippen LogP contribution >= 0.6 is 0 Å². The minimum Gasteiger partial charge on any atom is -0.287 e. The van der Waals surface area contributed by atoms with Crippen LogP contribution in [-0.2, 0) is 0 Å². The highest BCUT2D eigenvalue weighted by molar-refractivity contribution is 5.57. The van der Waals surface area contributed by atoms with Crippen LogP contribution in [0.2, 0.25) is 0 Å². The summed E-state index contributed by atoms with van der Waals surface area (Å²) in [5, 5.41) is 8.60. The third kappa shape index (κ3) is 2.83. The van der Waals surface area contributed by atoms with Crippen molar-refractivity contribution in [3.63, 3.8) is 0 Å². The van der Waals surface area contributed by atoms with Gasteiger partial charge in [-0.05, 0) is 36.4 Å². The van der Waals surface area contributed by atoms with Crippen LogP contribution in [0.3, 0.4) is 0 Å². The van der Waals surface area contributed by atoms with Crippen molar-refractivity contribution < 1.29 is 4.39 Å². The van der Waals surface area contributed by atoms with E-state index in [4.69, 9.17) is 0 Å². The Morgan fingerprint density at radius 2 is 1.84 bits per heavy atom. The second-order valence-corrected chi connectivity index (χ2v) is 5.29. The molecule has 0 amide bonds. The highest BCUT2D eigenvalue weighted by atomic mass is 19.1. The zero-order valence-electron chi connectivity index (χ0n) is 13.0. The van der Waals surface area contributed by atoms with Gasteiger partial charge in [-0.1, -0.05) is 6.07 Å². The van der Waals surface area contributed by atoms with Crippen molar-refractivity contribution in [2.75, 3.05) is 0 Å². The Balaban J connectivity index is 1.87. The van der Waals surface area contributed by atoms with E-state index in [0.29, 0.717) is 11.4 Å². The Morgan fingerprint density at radius 1 is 0.960 bits per heavy atom. The maximum atomic E-state index is 13.5. The monoisotopic (exact) mass is 333 g/mol. The first-order chi connectivity index (χ1) is 12.2. The Hall–Kier alpha value is -3.61. The molecule has 0 unspecified atom stereocenters. The van der Waals surface area contributed by atoms with E-state index < -0.39 is 0 Å². The molecule has 0 spiro atoms. The third-order valence-corrected chi connectivity index (χ3v) is 3.66. The number of pyridine rings is 1. The molecule has 0 bridgehead atoms. The van der Waals surface area contributed by atoms with Crippen LogP contribution in [0, 0.1) is 5.82 Å². The van der Waals surface area contributed by atoms with Gasteiger partial charge in [-0.2, -0.15) is 10.2 Å². The van der Waals surface area contributed by atoms with Crippen molar-refractivity contribution in [2.24, 2.45) is 0 Å². The van der Waals surface area contributed by atoms with Crippen LogP contribution in [0.4, 0.5) is 4.39 Å². The molecule has 7 heteroatoms. The number of benzene rings is 1. The van der Waals surface area contributed by atoms with E-state index in [1.54, 1.807) is 53.7 Å². The Morgan fingerprint density at radius 3 is 2.64 bits per heavy atom. The molecule has 3 heterocycles. The number of rotatable bonds is 3. The molecule has 3 aromatic heterocycles. The predicted molar refractivity (Wildman–Crippen MR) is 90.1 cm³/mol. The molecule has 1 aromatic carbocycles. The first kappa shape index (κ1) is 14.9. The molecule has 0 atom stereocenters. The quantitative estimate of drug-likeness (QED) is 0.578. The lowest BCUT2D eigenvalue weighted by molar-refractivity contribution is 0.625. The largest absolute Gasteiger partial charge is 0.287 e. The zero-order chi connectivity index (χ0) is 17.2. The van der Waals surface area contributed by atoms with Gasteiger partial charge in [0.25, 0.3) is 0 Å². The van der Waals surface area contributed by atoms with Crippen molar-refractivity contribution in [3.05, 3.63) is 89.4 Å². The Bertz CT molecular complexity index is 1090. The standard InChI is InChI=1S/C18H12FN5O/c19-13-3-1-4-14(11-13)24-16(6-9-21-24)18-17(25)7-10-23(22-18)15-5-2-8-20-12-15/h1-12H. The molecule has 0 aliphatic carbocycles. The average molecular weight is 333 g/mol. The molecule has 122 valence electrons. The maximum Gasteiger partial charge on any atom is 0.209 e. The van der Waals surface area contributed by atoms with E-state index in [9.17, 15) is 9.18 Å². The summed E-state index contributed by atoms with van der Waals surface area (Å²) in [5.41, 5.74) is 1.68. The number of aromatic nitrogens is 5. The predicted octanol–water partition coefficient (Wildman–Crippen LogP) is 2.62. The fourth-order valence-electron chi connectivity index (χ4n) is 2.51. The van der Waals surface area contributed by atoms with Crippen LogP contribution in [-0.4, -0.2) is 24.5 Å². The molecule has 6 nitrogen and oxygen atoms in total. The Labute approximate surface area is 141 Å². The zero-order valence-corrected chi connectivity index (χ0v) is 13.0. The van der Waals surface area contributed by atoms with E-state index in [1.165, 1.54) is 22.9 Å². The van der Waals surface area contributed by atoms with E-state index >= 15 is 0 Å². The third-order valence-electron chi connectivity index (χ3n) is 3.66. The van der Waals surface area contributed by atoms with E-state index in [2.05, 4.69) is 15.2 Å². The second kappa shape index (κ2) is 6.12. The first-order valence-corrected chi connectivity index (χ1v) is 7.53. The normalized spacial score (nSPS) is 10.8. The number of hydrogen-bond acceptors (Lipinski definition) is 4. The van der Waals surface area contributed by atoms with Crippen LogP contribution in [0.5, 0.6) is 0 Å². The summed E-state index contributed by atoms with van der Waals surface area (Å²) in [6.07, 6.45) is 6.42. The number of nitrogens with zero attached hydrogens (tertiary/aromatic N) is 5. The minimum absolute atomic E-state index is 0.216. The van der Waals surface area contributed by atoms with E-state index in [1.807, 2.05) is 6.07 Å². The lowest BCUT2D eigenvalue weighted by Gasteiger charge is -2.09. The van der Waals surface area contributed by atoms with Gasteiger partial charge in [0.1, 0.15) is 5.82 Å². The van der Waals surface area contributed by atoms with Gasteiger partial charge in [-0.25, -0.2) is 13.8 Å². The maximum absolute atomic E-state index is 13.5. The van der Waals surface area contributed by atoms with E-state index in [-0.39, 0.29) is 16.9 Å². The molecular weight excluding hydrogens is 321 g/mol. The molecule has 0 aliphatic heterocycles. The second-order valence-electron chi connectivity index (χ2n) is 5.29. The fraction of sp³-hybridized carbons (Fsp3) is 0. The summed E-state index contributed by atoms with van der Waals surface area (Å²) in [4.78, 5) is 16.4. The topological polar surface area (TPSA) is 65.6 Å². The van der Waals surface area contributed by atoms with Crippen molar-refractivity contribution in [3.8, 4) is 22.8 Å². The summed E-state index contributed by atoms with van der Waals surface area (Å²) < 4.78 is 16.6. The molecule has 0 fully saturated rings. The van der Waals surface area contributed by atoms with Gasteiger partial charge >= 0.3 is 0 Å². The van der Waals surface area contributed by atoms with Crippen molar-refractivity contribution in [1.29, 1.82) is 0 Å². The summed E-state index contributed by atoms with van der Waals surface area (Å²) in [7, 11) is 0. The molecule has 0 aliphatic rings. The molecule has 0 N–H and O–H groups in total. The molecular formula is C18H12FN5O. The molecule has 4 rings (SSSR count). The summed E-state index contributed by atoms with van der Waals surface area (Å²) in [5.74, 6) is -0.382. The molecule has 0 radical (unpaired) electrons. The first-order valence-electron chi connectivity index (χ1n) is 7.53. The smallest absolute Gasteiger partial charge is 0.209 e. The molecule has 0 saturated heterocycles. The van der Waals surface area contributed by atoms with Crippen LogP contribution < -0.4 is 5.43 Å². The Kier molecular flexibility index (Phi) is 3.66. The van der Waals surface area contributed by atoms with Gasteiger partial charge in [-0.3, -0.25) is 9.78 Å². The molecule has 0 saturated carbocycles. The van der Waals surface area contributed by atoms with Gasteiger partial charge in [-0.15, -0.1) is 0 Å². The van der Waals surface area contributed by atoms with Gasteiger partial charge in [0.15, 0.2) is 5.69 Å². The molecule has 4 aromatic rings. The van der Waals surface area contributed by atoms with Gasteiger partial charge in [0.05, 0.1) is 29.5 Å². The fourth-order valence-corrected chi connectivity index (χ4v) is 2.51. The summed E-state index contributed by atoms with van der Waals surface area (Å²) in [6, 6.07) is 12.7. The highest BCUT2D eigenvalue weighted by Gasteiger charge is 2.14. The minimum atomic E-state index is -0.382. The number of hydrogen-bond donors (Lipinski definition) is 0. The average Bonchev–Trinajstić information content (AvgIpc) is 3.12. The lowest BCUT2D eigenvalue weighted by Crippen LogP contribution is -2.14. The van der Waals surface area contributed by atoms with E-state index in [0.717, 1.165) is 5.69 Å². The van der Waals surface area contributed by atoms with Crippen LogP contribution in [0.25, 0.3) is 22.8 Å². The summed E-state index contributed by atoms with van der Waals surface area (Å²) >= 11 is 0. The molecule has 25 heavy (non-hydrogen) atoms.